The summed E-state index contributed by atoms with van der Waals surface area (Å²) in [5, 5.41) is 13.9. The number of carbonyl (C=O) groups is 2. The molecule has 1 saturated carbocycles. The number of amides is 1. The number of rotatable bonds is 3. The second-order valence-corrected chi connectivity index (χ2v) is 6.70. The number of benzene rings is 1. The van der Waals surface area contributed by atoms with Gasteiger partial charge < -0.3 is 15.2 Å². The maximum absolute atomic E-state index is 12.3. The van der Waals surface area contributed by atoms with Crippen LogP contribution in [-0.2, 0) is 4.79 Å². The van der Waals surface area contributed by atoms with Gasteiger partial charge in [0.1, 0.15) is 0 Å². The van der Waals surface area contributed by atoms with Gasteiger partial charge in [0, 0.05) is 17.2 Å². The van der Waals surface area contributed by atoms with Gasteiger partial charge in [0.2, 0.25) is 5.91 Å². The van der Waals surface area contributed by atoms with Gasteiger partial charge in [0.25, 0.3) is 0 Å². The van der Waals surface area contributed by atoms with Gasteiger partial charge in [-0.3, -0.25) is 4.79 Å². The molecule has 4 nitrogen and oxygen atoms in total. The van der Waals surface area contributed by atoms with E-state index in [2.05, 4.69) is 5.32 Å². The first-order valence-corrected chi connectivity index (χ1v) is 6.72. The molecule has 1 aromatic rings. The molecule has 1 aromatic carbocycles. The number of hydrogen-bond acceptors (Lipinski definition) is 3. The van der Waals surface area contributed by atoms with E-state index in [0.29, 0.717) is 5.69 Å². The molecule has 108 valence electrons. The Morgan fingerprint density at radius 2 is 1.70 bits per heavy atom. The molecule has 2 rings (SSSR count). The Morgan fingerprint density at radius 1 is 1.15 bits per heavy atom. The Balaban J connectivity index is 2.24. The fourth-order valence-electron chi connectivity index (χ4n) is 2.99. The number of aromatic carboxylic acids is 1. The fourth-order valence-corrected chi connectivity index (χ4v) is 2.99. The quantitative estimate of drug-likeness (QED) is 0.916. The summed E-state index contributed by atoms with van der Waals surface area (Å²) in [6, 6.07) is 4.89. The number of carboxylic acid groups (broad SMARTS) is 1. The second-order valence-electron chi connectivity index (χ2n) is 6.70. The van der Waals surface area contributed by atoms with Gasteiger partial charge in [-0.25, -0.2) is 0 Å². The van der Waals surface area contributed by atoms with Crippen LogP contribution in [0.2, 0.25) is 0 Å². The van der Waals surface area contributed by atoms with Crippen LogP contribution in [0.25, 0.3) is 0 Å². The smallest absolute Gasteiger partial charge is 0.228 e. The molecule has 1 amide bonds. The van der Waals surface area contributed by atoms with Gasteiger partial charge in [-0.15, -0.1) is 0 Å². The summed E-state index contributed by atoms with van der Waals surface area (Å²) in [7, 11) is 0. The lowest BCUT2D eigenvalue weighted by Gasteiger charge is -2.13. The van der Waals surface area contributed by atoms with Crippen LogP contribution in [0.15, 0.2) is 18.2 Å². The van der Waals surface area contributed by atoms with Gasteiger partial charge in [-0.2, -0.15) is 0 Å². The van der Waals surface area contributed by atoms with Crippen LogP contribution in [0.5, 0.6) is 0 Å². The highest BCUT2D eigenvalue weighted by molar-refractivity contribution is 6.02. The zero-order valence-electron chi connectivity index (χ0n) is 12.5. The molecule has 1 aliphatic rings. The van der Waals surface area contributed by atoms with Gasteiger partial charge >= 0.3 is 0 Å². The molecule has 0 radical (unpaired) electrons. The van der Waals surface area contributed by atoms with Crippen LogP contribution in [0, 0.1) is 23.7 Å². The maximum atomic E-state index is 12.3. The van der Waals surface area contributed by atoms with Gasteiger partial charge in [-0.05, 0) is 29.9 Å². The molecule has 0 bridgehead atoms. The van der Waals surface area contributed by atoms with Crippen molar-refractivity contribution in [2.45, 2.75) is 34.6 Å². The molecule has 1 aliphatic carbocycles. The Hall–Kier alpha value is -1.84. The zero-order chi connectivity index (χ0) is 15.3. The molecule has 4 heteroatoms. The maximum Gasteiger partial charge on any atom is 0.228 e. The summed E-state index contributed by atoms with van der Waals surface area (Å²) < 4.78 is 0. The number of carboxylic acids is 1. The average Bonchev–Trinajstić information content (AvgIpc) is 2.71. The van der Waals surface area contributed by atoms with Crippen molar-refractivity contribution in [3.63, 3.8) is 0 Å². The van der Waals surface area contributed by atoms with E-state index >= 15 is 0 Å². The number of anilines is 1. The Kier molecular flexibility index (Phi) is 3.16. The molecule has 0 unspecified atom stereocenters. The van der Waals surface area contributed by atoms with E-state index in [0.717, 1.165) is 5.56 Å². The van der Waals surface area contributed by atoms with Crippen LogP contribution < -0.4 is 10.4 Å². The monoisotopic (exact) mass is 274 g/mol. The Morgan fingerprint density at radius 3 is 2.15 bits per heavy atom. The van der Waals surface area contributed by atoms with Crippen molar-refractivity contribution in [1.82, 2.24) is 0 Å². The number of aryl methyl sites for hydroxylation is 1. The first kappa shape index (κ1) is 14.6. The van der Waals surface area contributed by atoms with Gasteiger partial charge in [-0.1, -0.05) is 39.3 Å². The molecular weight excluding hydrogens is 254 g/mol. The lowest BCUT2D eigenvalue weighted by molar-refractivity contribution is -0.254. The molecule has 0 spiro atoms. The van der Waals surface area contributed by atoms with Crippen LogP contribution in [0.4, 0.5) is 5.69 Å². The van der Waals surface area contributed by atoms with E-state index in [1.807, 2.05) is 27.7 Å². The summed E-state index contributed by atoms with van der Waals surface area (Å²) in [4.78, 5) is 23.5. The Bertz CT molecular complexity index is 573. The first-order valence-electron chi connectivity index (χ1n) is 6.72. The minimum Gasteiger partial charge on any atom is -0.545 e. The van der Waals surface area contributed by atoms with Crippen molar-refractivity contribution in [2.75, 3.05) is 5.32 Å². The molecule has 0 heterocycles. The molecular formula is C16H20NO3-. The van der Waals surface area contributed by atoms with Crippen LogP contribution in [-0.4, -0.2) is 11.9 Å². The lowest BCUT2D eigenvalue weighted by Crippen LogP contribution is -2.26. The summed E-state index contributed by atoms with van der Waals surface area (Å²) in [5.74, 6) is -1.53. The highest BCUT2D eigenvalue weighted by Gasteiger charge is 2.68. The standard InChI is InChI=1S/C16H21NO3/c1-9-6-7-11(10(8-9)14(19)20)17-13(18)12-15(2,3)16(12,4)5/h6-8,12H,1-5H3,(H,17,18)(H,19,20)/p-1. The van der Waals surface area contributed by atoms with E-state index < -0.39 is 5.97 Å². The topological polar surface area (TPSA) is 69.2 Å². The van der Waals surface area contributed by atoms with E-state index in [1.165, 1.54) is 6.07 Å². The largest absolute Gasteiger partial charge is 0.545 e. The van der Waals surface area contributed by atoms with E-state index in [-0.39, 0.29) is 28.2 Å². The van der Waals surface area contributed by atoms with Crippen molar-refractivity contribution >= 4 is 17.6 Å². The predicted octanol–water partition coefficient (Wildman–Crippen LogP) is 1.98. The van der Waals surface area contributed by atoms with Crippen LogP contribution in [0.1, 0.15) is 43.6 Å². The minimum atomic E-state index is -1.28. The molecule has 20 heavy (non-hydrogen) atoms. The van der Waals surface area contributed by atoms with Crippen LogP contribution >= 0.6 is 0 Å². The van der Waals surface area contributed by atoms with Gasteiger partial charge in [0.05, 0.1) is 5.97 Å². The van der Waals surface area contributed by atoms with E-state index in [4.69, 9.17) is 0 Å². The summed E-state index contributed by atoms with van der Waals surface area (Å²) >= 11 is 0. The fraction of sp³-hybridized carbons (Fsp3) is 0.500. The average molecular weight is 274 g/mol. The molecule has 1 fully saturated rings. The summed E-state index contributed by atoms with van der Waals surface area (Å²) in [5.41, 5.74) is 0.982. The molecule has 0 saturated heterocycles. The third-order valence-corrected chi connectivity index (χ3v) is 4.94. The lowest BCUT2D eigenvalue weighted by atomic mass is 10.0. The van der Waals surface area contributed by atoms with Crippen molar-refractivity contribution < 1.29 is 14.7 Å². The summed E-state index contributed by atoms with van der Waals surface area (Å²) in [6.45, 7) is 9.99. The SMILES string of the molecule is Cc1ccc(NC(=O)C2C(C)(C)C2(C)C)c(C(=O)[O-])c1. The number of nitrogens with one attached hydrogen (secondary N) is 1. The molecule has 0 aliphatic heterocycles. The molecule has 0 aromatic heterocycles. The zero-order valence-corrected chi connectivity index (χ0v) is 12.5. The van der Waals surface area contributed by atoms with E-state index in [1.54, 1.807) is 19.1 Å². The third kappa shape index (κ3) is 2.09. The minimum absolute atomic E-state index is 0.0228. The third-order valence-electron chi connectivity index (χ3n) is 4.94. The predicted molar refractivity (Wildman–Crippen MR) is 75.2 cm³/mol. The Labute approximate surface area is 119 Å². The summed E-state index contributed by atoms with van der Waals surface area (Å²) in [6.07, 6.45) is 0. The van der Waals surface area contributed by atoms with Crippen LogP contribution in [0.3, 0.4) is 0 Å². The molecule has 1 N–H and O–H groups in total. The van der Waals surface area contributed by atoms with Crippen molar-refractivity contribution in [2.24, 2.45) is 16.7 Å². The number of hydrogen-bond donors (Lipinski definition) is 1. The normalized spacial score (nSPS) is 19.4. The highest BCUT2D eigenvalue weighted by atomic mass is 16.4. The molecule has 0 atom stereocenters. The van der Waals surface area contributed by atoms with Gasteiger partial charge in [0.15, 0.2) is 0 Å². The van der Waals surface area contributed by atoms with Crippen molar-refractivity contribution in [3.05, 3.63) is 29.3 Å². The van der Waals surface area contributed by atoms with Crippen molar-refractivity contribution in [1.29, 1.82) is 0 Å². The number of carbonyl (C=O) groups excluding carboxylic acids is 2. The van der Waals surface area contributed by atoms with E-state index in [9.17, 15) is 14.7 Å². The first-order chi connectivity index (χ1) is 9.09. The highest BCUT2D eigenvalue weighted by Crippen LogP contribution is 2.68. The van der Waals surface area contributed by atoms with Crippen molar-refractivity contribution in [3.8, 4) is 0 Å². The second kappa shape index (κ2) is 4.33.